The molecule has 0 aliphatic carbocycles. The number of hydrogen-bond acceptors (Lipinski definition) is 4. The van der Waals surface area contributed by atoms with E-state index < -0.39 is 0 Å². The maximum absolute atomic E-state index is 5.83. The Morgan fingerprint density at radius 1 is 1.18 bits per heavy atom. The van der Waals surface area contributed by atoms with Crippen LogP contribution in [0.25, 0.3) is 0 Å². The van der Waals surface area contributed by atoms with Crippen molar-refractivity contribution in [3.8, 4) is 0 Å². The average molecular weight is 228 g/mol. The van der Waals surface area contributed by atoms with Gasteiger partial charge in [0.1, 0.15) is 5.82 Å². The number of hydrogen-bond donors (Lipinski definition) is 1. The van der Waals surface area contributed by atoms with Crippen LogP contribution < -0.4 is 10.6 Å². The van der Waals surface area contributed by atoms with Gasteiger partial charge in [0.05, 0.1) is 5.69 Å². The highest BCUT2D eigenvalue weighted by Gasteiger charge is 2.05. The van der Waals surface area contributed by atoms with Gasteiger partial charge >= 0.3 is 0 Å². The van der Waals surface area contributed by atoms with E-state index in [1.54, 1.807) is 6.20 Å². The minimum Gasteiger partial charge on any atom is -0.382 e. The van der Waals surface area contributed by atoms with Gasteiger partial charge in [-0.15, -0.1) is 0 Å². The van der Waals surface area contributed by atoms with Crippen LogP contribution in [0.1, 0.15) is 5.56 Å². The first-order valence-electron chi connectivity index (χ1n) is 5.58. The summed E-state index contributed by atoms with van der Waals surface area (Å²) in [6.07, 6.45) is 6.30. The summed E-state index contributed by atoms with van der Waals surface area (Å²) in [6.45, 7) is 0.903. The molecule has 0 radical (unpaired) electrons. The van der Waals surface area contributed by atoms with E-state index in [9.17, 15) is 0 Å². The highest BCUT2D eigenvalue weighted by molar-refractivity contribution is 5.62. The van der Waals surface area contributed by atoms with E-state index in [2.05, 4.69) is 14.9 Å². The van der Waals surface area contributed by atoms with Gasteiger partial charge < -0.3 is 10.6 Å². The number of likely N-dealkylation sites (N-methyl/N-ethyl adjacent to an activating group) is 1. The number of nitrogens with two attached hydrogens (primary N) is 1. The minimum atomic E-state index is 0.574. The van der Waals surface area contributed by atoms with E-state index in [1.165, 1.54) is 5.56 Å². The molecular formula is C13H16N4. The summed E-state index contributed by atoms with van der Waals surface area (Å²) in [5.41, 5.74) is 8.07. The molecule has 0 saturated heterocycles. The van der Waals surface area contributed by atoms with Gasteiger partial charge in [-0.05, 0) is 36.2 Å². The van der Waals surface area contributed by atoms with Crippen molar-refractivity contribution in [2.45, 2.75) is 6.42 Å². The lowest BCUT2D eigenvalue weighted by atomic mass is 10.2. The van der Waals surface area contributed by atoms with Crippen molar-refractivity contribution in [1.82, 2.24) is 9.97 Å². The zero-order valence-corrected chi connectivity index (χ0v) is 9.87. The third-order valence-corrected chi connectivity index (χ3v) is 2.71. The fraction of sp³-hybridized carbons (Fsp3) is 0.231. The molecule has 0 aliphatic rings. The molecule has 2 heterocycles. The Kier molecular flexibility index (Phi) is 3.55. The Balaban J connectivity index is 1.99. The van der Waals surface area contributed by atoms with Gasteiger partial charge in [-0.2, -0.15) is 0 Å². The first-order valence-corrected chi connectivity index (χ1v) is 5.58. The van der Waals surface area contributed by atoms with Gasteiger partial charge in [0, 0.05) is 32.2 Å². The summed E-state index contributed by atoms with van der Waals surface area (Å²) < 4.78 is 0. The van der Waals surface area contributed by atoms with Crippen LogP contribution in [0.5, 0.6) is 0 Å². The molecule has 17 heavy (non-hydrogen) atoms. The number of nitrogens with zero attached hydrogens (tertiary/aromatic N) is 3. The van der Waals surface area contributed by atoms with Crippen LogP contribution in [0.4, 0.5) is 11.5 Å². The first kappa shape index (κ1) is 11.4. The van der Waals surface area contributed by atoms with Crippen LogP contribution in [-0.2, 0) is 6.42 Å². The van der Waals surface area contributed by atoms with Crippen LogP contribution in [0.15, 0.2) is 42.9 Å². The van der Waals surface area contributed by atoms with E-state index >= 15 is 0 Å². The number of rotatable bonds is 4. The van der Waals surface area contributed by atoms with E-state index in [0.29, 0.717) is 5.82 Å². The Bertz CT molecular complexity index is 470. The summed E-state index contributed by atoms with van der Waals surface area (Å²) in [7, 11) is 2.02. The summed E-state index contributed by atoms with van der Waals surface area (Å²) >= 11 is 0. The van der Waals surface area contributed by atoms with Gasteiger partial charge in [0.25, 0.3) is 0 Å². The van der Waals surface area contributed by atoms with Crippen molar-refractivity contribution in [1.29, 1.82) is 0 Å². The molecule has 0 fully saturated rings. The quantitative estimate of drug-likeness (QED) is 0.866. The molecule has 4 nitrogen and oxygen atoms in total. The molecule has 2 aromatic rings. The molecule has 2 N–H and O–H groups in total. The van der Waals surface area contributed by atoms with Gasteiger partial charge in [-0.25, -0.2) is 4.98 Å². The maximum Gasteiger partial charge on any atom is 0.146 e. The van der Waals surface area contributed by atoms with Gasteiger partial charge in [0.2, 0.25) is 0 Å². The Hall–Kier alpha value is -2.10. The standard InChI is InChI=1S/C13H16N4/c1-17(12-3-2-7-16-13(12)14)10-6-11-4-8-15-9-5-11/h2-5,7-9H,6,10H2,1H3,(H2,14,16). The Morgan fingerprint density at radius 3 is 2.65 bits per heavy atom. The maximum atomic E-state index is 5.83. The third kappa shape index (κ3) is 2.93. The zero-order chi connectivity index (χ0) is 12.1. The molecule has 0 aliphatic heterocycles. The summed E-state index contributed by atoms with van der Waals surface area (Å²) in [5.74, 6) is 0.574. The molecule has 88 valence electrons. The van der Waals surface area contributed by atoms with Crippen molar-refractivity contribution in [2.75, 3.05) is 24.2 Å². The zero-order valence-electron chi connectivity index (χ0n) is 9.87. The topological polar surface area (TPSA) is 55.0 Å². The highest BCUT2D eigenvalue weighted by atomic mass is 15.1. The fourth-order valence-corrected chi connectivity index (χ4v) is 1.70. The van der Waals surface area contributed by atoms with Crippen LogP contribution >= 0.6 is 0 Å². The molecule has 0 unspecified atom stereocenters. The molecule has 0 aromatic carbocycles. The largest absolute Gasteiger partial charge is 0.382 e. The monoisotopic (exact) mass is 228 g/mol. The van der Waals surface area contributed by atoms with Crippen LogP contribution in [0.2, 0.25) is 0 Å². The normalized spacial score (nSPS) is 10.2. The smallest absolute Gasteiger partial charge is 0.146 e. The van der Waals surface area contributed by atoms with Gasteiger partial charge in [-0.1, -0.05) is 0 Å². The number of nitrogen functional groups attached to an aromatic ring is 1. The van der Waals surface area contributed by atoms with Gasteiger partial charge in [0.15, 0.2) is 0 Å². The first-order chi connectivity index (χ1) is 8.27. The second kappa shape index (κ2) is 5.30. The van der Waals surface area contributed by atoms with Crippen molar-refractivity contribution >= 4 is 11.5 Å². The van der Waals surface area contributed by atoms with E-state index in [1.807, 2.05) is 43.7 Å². The predicted octanol–water partition coefficient (Wildman–Crippen LogP) is 1.74. The molecule has 2 rings (SSSR count). The molecule has 0 saturated carbocycles. The SMILES string of the molecule is CN(CCc1ccncc1)c1cccnc1N. The van der Waals surface area contributed by atoms with Crippen LogP contribution in [0.3, 0.4) is 0 Å². The fourth-order valence-electron chi connectivity index (χ4n) is 1.70. The molecular weight excluding hydrogens is 212 g/mol. The van der Waals surface area contributed by atoms with Crippen molar-refractivity contribution in [2.24, 2.45) is 0 Å². The Morgan fingerprint density at radius 2 is 1.94 bits per heavy atom. The molecule has 0 amide bonds. The van der Waals surface area contributed by atoms with Crippen LogP contribution in [0, 0.1) is 0 Å². The lowest BCUT2D eigenvalue weighted by Gasteiger charge is -2.20. The highest BCUT2D eigenvalue weighted by Crippen LogP contribution is 2.18. The number of aromatic nitrogens is 2. The molecule has 2 aromatic heterocycles. The second-order valence-corrected chi connectivity index (χ2v) is 3.93. The van der Waals surface area contributed by atoms with Crippen molar-refractivity contribution in [3.63, 3.8) is 0 Å². The minimum absolute atomic E-state index is 0.574. The summed E-state index contributed by atoms with van der Waals surface area (Å²) in [6, 6.07) is 7.93. The summed E-state index contributed by atoms with van der Waals surface area (Å²) in [4.78, 5) is 10.2. The molecule has 0 atom stereocenters. The second-order valence-electron chi connectivity index (χ2n) is 3.93. The van der Waals surface area contributed by atoms with E-state index in [-0.39, 0.29) is 0 Å². The lowest BCUT2D eigenvalue weighted by molar-refractivity contribution is 0.873. The van der Waals surface area contributed by atoms with E-state index in [4.69, 9.17) is 5.73 Å². The predicted molar refractivity (Wildman–Crippen MR) is 69.9 cm³/mol. The average Bonchev–Trinajstić information content (AvgIpc) is 2.38. The molecule has 0 bridgehead atoms. The molecule has 0 spiro atoms. The number of anilines is 2. The van der Waals surface area contributed by atoms with E-state index in [0.717, 1.165) is 18.7 Å². The van der Waals surface area contributed by atoms with Crippen molar-refractivity contribution < 1.29 is 0 Å². The van der Waals surface area contributed by atoms with Crippen LogP contribution in [-0.4, -0.2) is 23.6 Å². The van der Waals surface area contributed by atoms with Gasteiger partial charge in [-0.3, -0.25) is 4.98 Å². The molecule has 4 heteroatoms. The summed E-state index contributed by atoms with van der Waals surface area (Å²) in [5, 5.41) is 0. The van der Waals surface area contributed by atoms with Crippen molar-refractivity contribution in [3.05, 3.63) is 48.4 Å². The number of pyridine rings is 2. The Labute approximate surface area is 101 Å². The lowest BCUT2D eigenvalue weighted by Crippen LogP contribution is -2.21. The third-order valence-electron chi connectivity index (χ3n) is 2.71.